The van der Waals surface area contributed by atoms with Gasteiger partial charge in [-0.2, -0.15) is 0 Å². The van der Waals surface area contributed by atoms with Gasteiger partial charge in [0, 0.05) is 0 Å². The molecular weight excluding hydrogens is 222 g/mol. The Kier molecular flexibility index (Phi) is 3.77. The highest BCUT2D eigenvalue weighted by molar-refractivity contribution is 5.22. The molecule has 17 heavy (non-hydrogen) atoms. The number of halogens is 2. The molecule has 0 saturated heterocycles. The van der Waals surface area contributed by atoms with Crippen molar-refractivity contribution in [3.63, 3.8) is 0 Å². The molecule has 1 saturated carbocycles. The van der Waals surface area contributed by atoms with Crippen LogP contribution in [0.3, 0.4) is 0 Å². The molecule has 3 heteroatoms. The van der Waals surface area contributed by atoms with Crippen LogP contribution < -0.4 is 0 Å². The van der Waals surface area contributed by atoms with Crippen LogP contribution in [-0.4, -0.2) is 5.11 Å². The Labute approximate surface area is 100 Å². The van der Waals surface area contributed by atoms with E-state index >= 15 is 0 Å². The zero-order valence-corrected chi connectivity index (χ0v) is 10.00. The predicted molar refractivity (Wildman–Crippen MR) is 62.4 cm³/mol. The molecule has 0 bridgehead atoms. The molecule has 0 aromatic heterocycles. The molecule has 0 heterocycles. The van der Waals surface area contributed by atoms with Gasteiger partial charge < -0.3 is 5.11 Å². The third kappa shape index (κ3) is 2.65. The Bertz CT molecular complexity index is 364. The molecule has 94 valence electrons. The van der Waals surface area contributed by atoms with Crippen molar-refractivity contribution in [2.75, 3.05) is 0 Å². The highest BCUT2D eigenvalue weighted by Gasteiger charge is 2.29. The van der Waals surface area contributed by atoms with Crippen LogP contribution in [-0.2, 0) is 0 Å². The third-order valence-corrected chi connectivity index (χ3v) is 3.80. The van der Waals surface area contributed by atoms with E-state index in [-0.39, 0.29) is 11.5 Å². The lowest BCUT2D eigenvalue weighted by molar-refractivity contribution is 0.0694. The largest absolute Gasteiger partial charge is 0.388 e. The van der Waals surface area contributed by atoms with Crippen LogP contribution >= 0.6 is 0 Å². The highest BCUT2D eigenvalue weighted by atomic mass is 19.1. The number of rotatable bonds is 2. The first-order chi connectivity index (χ1) is 8.09. The minimum Gasteiger partial charge on any atom is -0.388 e. The minimum atomic E-state index is -1.01. The molecule has 1 unspecified atom stereocenters. The molecule has 1 N–H and O–H groups in total. The Morgan fingerprint density at radius 2 is 1.65 bits per heavy atom. The highest BCUT2D eigenvalue weighted by Crippen LogP contribution is 2.38. The molecule has 1 aliphatic carbocycles. The van der Waals surface area contributed by atoms with Crippen molar-refractivity contribution in [2.45, 2.75) is 38.7 Å². The van der Waals surface area contributed by atoms with Crippen LogP contribution in [0.1, 0.15) is 44.3 Å². The summed E-state index contributed by atoms with van der Waals surface area (Å²) >= 11 is 0. The maximum Gasteiger partial charge on any atom is 0.131 e. The van der Waals surface area contributed by atoms with Crippen molar-refractivity contribution in [2.24, 2.45) is 11.8 Å². The second kappa shape index (κ2) is 5.13. The SMILES string of the molecule is CC1CCC(C(O)c2c(F)cccc2F)CC1. The molecule has 1 fully saturated rings. The van der Waals surface area contributed by atoms with Gasteiger partial charge in [-0.1, -0.05) is 25.8 Å². The first kappa shape index (κ1) is 12.5. The van der Waals surface area contributed by atoms with E-state index in [2.05, 4.69) is 6.92 Å². The van der Waals surface area contributed by atoms with Crippen LogP contribution in [0.25, 0.3) is 0 Å². The fourth-order valence-electron chi connectivity index (χ4n) is 2.63. The molecule has 0 aliphatic heterocycles. The summed E-state index contributed by atoms with van der Waals surface area (Å²) in [5.41, 5.74) is -0.160. The Morgan fingerprint density at radius 3 is 2.18 bits per heavy atom. The quantitative estimate of drug-likeness (QED) is 0.833. The van der Waals surface area contributed by atoms with E-state index in [0.29, 0.717) is 5.92 Å². The van der Waals surface area contributed by atoms with Crippen molar-refractivity contribution < 1.29 is 13.9 Å². The lowest BCUT2D eigenvalue weighted by Gasteiger charge is -2.30. The average Bonchev–Trinajstić information content (AvgIpc) is 2.29. The lowest BCUT2D eigenvalue weighted by atomic mass is 9.78. The van der Waals surface area contributed by atoms with Crippen LogP contribution in [0.4, 0.5) is 8.78 Å². The predicted octanol–water partition coefficient (Wildman–Crippen LogP) is 3.82. The van der Waals surface area contributed by atoms with Crippen molar-refractivity contribution in [3.05, 3.63) is 35.4 Å². The van der Waals surface area contributed by atoms with Gasteiger partial charge in [-0.3, -0.25) is 0 Å². The van der Waals surface area contributed by atoms with E-state index < -0.39 is 17.7 Å². The molecule has 0 spiro atoms. The van der Waals surface area contributed by atoms with Crippen molar-refractivity contribution in [3.8, 4) is 0 Å². The fourth-order valence-corrected chi connectivity index (χ4v) is 2.63. The summed E-state index contributed by atoms with van der Waals surface area (Å²) in [4.78, 5) is 0. The second-order valence-electron chi connectivity index (χ2n) is 5.10. The summed E-state index contributed by atoms with van der Waals surface area (Å²) in [6.45, 7) is 2.17. The first-order valence-electron chi connectivity index (χ1n) is 6.21. The zero-order valence-electron chi connectivity index (χ0n) is 10.00. The summed E-state index contributed by atoms with van der Waals surface area (Å²) < 4.78 is 27.1. The van der Waals surface area contributed by atoms with Crippen molar-refractivity contribution >= 4 is 0 Å². The molecule has 1 aromatic rings. The Hall–Kier alpha value is -0.960. The number of benzene rings is 1. The maximum atomic E-state index is 13.5. The van der Waals surface area contributed by atoms with Crippen LogP contribution in [0, 0.1) is 23.5 Å². The van der Waals surface area contributed by atoms with Crippen LogP contribution in [0.15, 0.2) is 18.2 Å². The van der Waals surface area contributed by atoms with Gasteiger partial charge in [-0.15, -0.1) is 0 Å². The molecule has 1 atom stereocenters. The van der Waals surface area contributed by atoms with Gasteiger partial charge in [0.1, 0.15) is 11.6 Å². The Morgan fingerprint density at radius 1 is 1.12 bits per heavy atom. The zero-order chi connectivity index (χ0) is 12.4. The van der Waals surface area contributed by atoms with E-state index in [9.17, 15) is 13.9 Å². The lowest BCUT2D eigenvalue weighted by Crippen LogP contribution is -2.21. The molecular formula is C14H18F2O. The van der Waals surface area contributed by atoms with E-state index in [4.69, 9.17) is 0 Å². The summed E-state index contributed by atoms with van der Waals surface area (Å²) in [5.74, 6) is -0.645. The molecule has 2 rings (SSSR count). The van der Waals surface area contributed by atoms with Crippen molar-refractivity contribution in [1.29, 1.82) is 0 Å². The molecule has 0 amide bonds. The smallest absolute Gasteiger partial charge is 0.131 e. The van der Waals surface area contributed by atoms with Crippen LogP contribution in [0.2, 0.25) is 0 Å². The normalized spacial score (nSPS) is 26.8. The van der Waals surface area contributed by atoms with Gasteiger partial charge in [0.05, 0.1) is 11.7 Å². The van der Waals surface area contributed by atoms with Gasteiger partial charge in [0.2, 0.25) is 0 Å². The summed E-state index contributed by atoms with van der Waals surface area (Å²) in [6.07, 6.45) is 2.73. The molecule has 1 nitrogen and oxygen atoms in total. The topological polar surface area (TPSA) is 20.2 Å². The van der Waals surface area contributed by atoms with E-state index in [0.717, 1.165) is 25.7 Å². The first-order valence-corrected chi connectivity index (χ1v) is 6.21. The number of hydrogen-bond acceptors (Lipinski definition) is 1. The molecule has 1 aromatic carbocycles. The fraction of sp³-hybridized carbons (Fsp3) is 0.571. The Balaban J connectivity index is 2.16. The third-order valence-electron chi connectivity index (χ3n) is 3.80. The average molecular weight is 240 g/mol. The van der Waals surface area contributed by atoms with E-state index in [1.807, 2.05) is 0 Å². The van der Waals surface area contributed by atoms with Gasteiger partial charge in [-0.05, 0) is 36.8 Å². The summed E-state index contributed by atoms with van der Waals surface area (Å²) in [5, 5.41) is 10.1. The summed E-state index contributed by atoms with van der Waals surface area (Å²) in [7, 11) is 0. The van der Waals surface area contributed by atoms with E-state index in [1.165, 1.54) is 18.2 Å². The molecule has 1 aliphatic rings. The minimum absolute atomic E-state index is 0.0161. The number of hydrogen-bond donors (Lipinski definition) is 1. The second-order valence-corrected chi connectivity index (χ2v) is 5.10. The van der Waals surface area contributed by atoms with E-state index in [1.54, 1.807) is 0 Å². The maximum absolute atomic E-state index is 13.5. The van der Waals surface area contributed by atoms with Crippen molar-refractivity contribution in [1.82, 2.24) is 0 Å². The molecule has 0 radical (unpaired) electrons. The van der Waals surface area contributed by atoms with Gasteiger partial charge >= 0.3 is 0 Å². The van der Waals surface area contributed by atoms with Gasteiger partial charge in [0.25, 0.3) is 0 Å². The van der Waals surface area contributed by atoms with Gasteiger partial charge in [0.15, 0.2) is 0 Å². The standard InChI is InChI=1S/C14H18F2O/c1-9-5-7-10(8-6-9)14(17)13-11(15)3-2-4-12(13)16/h2-4,9-10,14,17H,5-8H2,1H3. The van der Waals surface area contributed by atoms with Gasteiger partial charge in [-0.25, -0.2) is 8.78 Å². The van der Waals surface area contributed by atoms with Crippen LogP contribution in [0.5, 0.6) is 0 Å². The summed E-state index contributed by atoms with van der Waals surface area (Å²) in [6, 6.07) is 3.73. The number of aliphatic hydroxyl groups is 1. The monoisotopic (exact) mass is 240 g/mol. The number of aliphatic hydroxyl groups excluding tert-OH is 1.